The van der Waals surface area contributed by atoms with E-state index in [0.717, 1.165) is 99.9 Å². The molecule has 0 saturated heterocycles. The number of hydrogen-bond donors (Lipinski definition) is 1. The molecule has 1 aliphatic rings. The average molecular weight is 745 g/mol. The summed E-state index contributed by atoms with van der Waals surface area (Å²) in [6.45, 7) is 30.7. The summed E-state index contributed by atoms with van der Waals surface area (Å²) in [6, 6.07) is 6.67. The van der Waals surface area contributed by atoms with Gasteiger partial charge in [0.1, 0.15) is 5.78 Å². The summed E-state index contributed by atoms with van der Waals surface area (Å²) < 4.78 is 8.55. The molecule has 5 nitrogen and oxygen atoms in total. The van der Waals surface area contributed by atoms with Crippen molar-refractivity contribution in [3.05, 3.63) is 85.5 Å². The van der Waals surface area contributed by atoms with Gasteiger partial charge in [0.05, 0.1) is 27.3 Å². The van der Waals surface area contributed by atoms with Crippen molar-refractivity contribution in [3.8, 4) is 11.3 Å². The number of rotatable bonds is 18. The minimum Gasteiger partial charge on any atom is -0.381 e. The van der Waals surface area contributed by atoms with Crippen LogP contribution in [0.15, 0.2) is 58.4 Å². The number of ether oxygens (including phenoxy) is 1. The quantitative estimate of drug-likeness (QED) is 0.0798. The lowest BCUT2D eigenvalue weighted by molar-refractivity contribution is -0.117. The van der Waals surface area contributed by atoms with Crippen LogP contribution in [0.5, 0.6) is 0 Å². The molecule has 1 N–H and O–H groups in total. The number of thioether (sulfide) groups is 1. The van der Waals surface area contributed by atoms with E-state index < -0.39 is 0 Å². The minimum absolute atomic E-state index is 0.107. The summed E-state index contributed by atoms with van der Waals surface area (Å²) in [4.78, 5) is 28.2. The van der Waals surface area contributed by atoms with Gasteiger partial charge in [0.2, 0.25) is 0 Å². The zero-order valence-corrected chi connectivity index (χ0v) is 35.1. The number of thiophene rings is 1. The van der Waals surface area contributed by atoms with E-state index in [9.17, 15) is 9.59 Å². The molecule has 2 heterocycles. The maximum Gasteiger partial charge on any atom is 0.160 e. The van der Waals surface area contributed by atoms with E-state index in [1.54, 1.807) is 30.0 Å². The third-order valence-corrected chi connectivity index (χ3v) is 11.5. The minimum atomic E-state index is 0.107. The molecule has 3 aromatic rings. The summed E-state index contributed by atoms with van der Waals surface area (Å²) in [6.07, 6.45) is 13.5. The van der Waals surface area contributed by atoms with Crippen molar-refractivity contribution in [2.75, 3.05) is 19.8 Å². The monoisotopic (exact) mass is 744 g/mol. The Morgan fingerprint density at radius 2 is 1.75 bits per heavy atom. The molecule has 0 unspecified atom stereocenters. The SMILES string of the molecule is C=C(C)SC(C(=C)/C=C\c1cc(-c2c(C3CCCCC3)c3sc(C=O)c(CNCC(C)C)c3n2CC(C)=O)ccc1C)=C(C)C.CCCOCCC. The molecule has 0 spiro atoms. The van der Waals surface area contributed by atoms with E-state index in [0.29, 0.717) is 18.4 Å². The van der Waals surface area contributed by atoms with Gasteiger partial charge in [-0.15, -0.1) is 11.3 Å². The van der Waals surface area contributed by atoms with Gasteiger partial charge in [-0.3, -0.25) is 9.59 Å². The number of aldehydes is 1. The molecule has 1 aromatic carbocycles. The molecule has 0 atom stereocenters. The molecule has 0 bridgehead atoms. The first kappa shape index (κ1) is 43.4. The van der Waals surface area contributed by atoms with Crippen LogP contribution >= 0.6 is 23.1 Å². The van der Waals surface area contributed by atoms with Gasteiger partial charge < -0.3 is 14.6 Å². The number of benzene rings is 1. The summed E-state index contributed by atoms with van der Waals surface area (Å²) in [7, 11) is 0. The van der Waals surface area contributed by atoms with Crippen LogP contribution in [-0.4, -0.2) is 36.4 Å². The molecule has 0 amide bonds. The summed E-state index contributed by atoms with van der Waals surface area (Å²) >= 11 is 3.28. The zero-order valence-electron chi connectivity index (χ0n) is 33.5. The first-order valence-corrected chi connectivity index (χ1v) is 20.9. The highest BCUT2D eigenvalue weighted by Crippen LogP contribution is 2.48. The second kappa shape index (κ2) is 21.7. The number of nitrogens with one attached hydrogen (secondary N) is 1. The van der Waals surface area contributed by atoms with Crippen LogP contribution in [0.1, 0.15) is 138 Å². The standard InChI is InChI=1S/C39H50N2O2S2.C6H14O/c1-24(2)20-40-21-33-34(23-42)45-39-35(30-13-11-10-12-14-30)36(41(37(33)39)22-29(9)43)32-18-15-27(7)31(19-32)17-16-28(8)38(25(3)4)44-26(5)6;1-3-5-7-6-4-2/h15-19,23-24,30,40H,5,8,10-14,20-22H2,1-4,6-7,9H3;3-6H2,1-2H3/b17-16-;. The predicted octanol–water partition coefficient (Wildman–Crippen LogP) is 12.8. The van der Waals surface area contributed by atoms with E-state index in [1.165, 1.54) is 40.7 Å². The Kier molecular flexibility index (Phi) is 18.1. The fourth-order valence-electron chi connectivity index (χ4n) is 6.81. The lowest BCUT2D eigenvalue weighted by Crippen LogP contribution is -2.20. The molecule has 1 saturated carbocycles. The molecule has 284 valence electrons. The average Bonchev–Trinajstić information content (AvgIpc) is 3.61. The molecule has 2 aromatic heterocycles. The summed E-state index contributed by atoms with van der Waals surface area (Å²) in [5.74, 6) is 1.01. The summed E-state index contributed by atoms with van der Waals surface area (Å²) in [5, 5.41) is 3.58. The smallest absolute Gasteiger partial charge is 0.160 e. The molecule has 7 heteroatoms. The Labute approximate surface area is 323 Å². The molecule has 1 aliphatic carbocycles. The first-order chi connectivity index (χ1) is 24.8. The van der Waals surface area contributed by atoms with Crippen molar-refractivity contribution in [1.29, 1.82) is 0 Å². The van der Waals surface area contributed by atoms with Crippen LogP contribution < -0.4 is 5.32 Å². The molecule has 0 radical (unpaired) electrons. The number of fused-ring (bicyclic) bond motifs is 1. The van der Waals surface area contributed by atoms with Gasteiger partial charge in [-0.1, -0.05) is 102 Å². The van der Waals surface area contributed by atoms with Crippen molar-refractivity contribution in [2.24, 2.45) is 5.92 Å². The number of aryl methyl sites for hydroxylation is 1. The van der Waals surface area contributed by atoms with E-state index >= 15 is 0 Å². The highest BCUT2D eigenvalue weighted by atomic mass is 32.2. The number of allylic oxidation sites excluding steroid dienone is 4. The van der Waals surface area contributed by atoms with Crippen molar-refractivity contribution in [2.45, 2.75) is 126 Å². The predicted molar refractivity (Wildman–Crippen MR) is 229 cm³/mol. The van der Waals surface area contributed by atoms with Crippen molar-refractivity contribution in [1.82, 2.24) is 9.88 Å². The number of carbonyl (C=O) groups is 2. The van der Waals surface area contributed by atoms with Gasteiger partial charge in [-0.05, 0) is 117 Å². The van der Waals surface area contributed by atoms with Gasteiger partial charge in [-0.25, -0.2) is 0 Å². The van der Waals surface area contributed by atoms with Gasteiger partial charge in [0, 0.05) is 30.2 Å². The number of ketones is 1. The van der Waals surface area contributed by atoms with Gasteiger partial charge in [0.15, 0.2) is 6.29 Å². The number of carbonyl (C=O) groups excluding carboxylic acids is 2. The Morgan fingerprint density at radius 3 is 2.31 bits per heavy atom. The lowest BCUT2D eigenvalue weighted by atomic mass is 9.83. The maximum atomic E-state index is 12.9. The van der Waals surface area contributed by atoms with Crippen LogP contribution in [0.4, 0.5) is 0 Å². The molecule has 1 fully saturated rings. The number of hydrogen-bond acceptors (Lipinski definition) is 6. The topological polar surface area (TPSA) is 60.3 Å². The Bertz CT molecular complexity index is 1740. The van der Waals surface area contributed by atoms with Crippen LogP contribution in [-0.2, 0) is 22.6 Å². The number of aromatic nitrogens is 1. The molecule has 52 heavy (non-hydrogen) atoms. The first-order valence-electron chi connectivity index (χ1n) is 19.2. The van der Waals surface area contributed by atoms with Gasteiger partial charge >= 0.3 is 0 Å². The number of nitrogens with zero attached hydrogens (tertiary/aromatic N) is 1. The highest BCUT2D eigenvalue weighted by Gasteiger charge is 2.31. The number of Topliss-reactive ketones (excluding diaryl/α,β-unsaturated/α-hetero) is 1. The Hall–Kier alpha value is -2.97. The lowest BCUT2D eigenvalue weighted by Gasteiger charge is -2.24. The van der Waals surface area contributed by atoms with Crippen molar-refractivity contribution >= 4 is 51.5 Å². The fraction of sp³-hybridized carbons (Fsp3) is 0.511. The normalized spacial score (nSPS) is 13.4. The summed E-state index contributed by atoms with van der Waals surface area (Å²) in [5.41, 5.74) is 10.1. The molecule has 4 rings (SSSR count). The highest BCUT2D eigenvalue weighted by molar-refractivity contribution is 8.06. The van der Waals surface area contributed by atoms with E-state index in [2.05, 4.69) is 102 Å². The fourth-order valence-corrected chi connectivity index (χ4v) is 8.82. The molecule has 0 aliphatic heterocycles. The zero-order chi connectivity index (χ0) is 38.4. The van der Waals surface area contributed by atoms with E-state index in [4.69, 9.17) is 4.74 Å². The maximum absolute atomic E-state index is 12.9. The van der Waals surface area contributed by atoms with Crippen molar-refractivity contribution in [3.63, 3.8) is 0 Å². The molecular formula is C45H64N2O3S2. The third kappa shape index (κ3) is 12.0. The van der Waals surface area contributed by atoms with Crippen LogP contribution in [0.3, 0.4) is 0 Å². The Morgan fingerprint density at radius 1 is 1.08 bits per heavy atom. The Balaban J connectivity index is 0.000000944. The van der Waals surface area contributed by atoms with E-state index in [-0.39, 0.29) is 12.3 Å². The van der Waals surface area contributed by atoms with E-state index in [1.807, 2.05) is 6.92 Å². The molecular weight excluding hydrogens is 681 g/mol. The van der Waals surface area contributed by atoms with Gasteiger partial charge in [0.25, 0.3) is 0 Å². The largest absolute Gasteiger partial charge is 0.381 e. The second-order valence-corrected chi connectivity index (χ2v) is 17.2. The van der Waals surface area contributed by atoms with Crippen LogP contribution in [0.25, 0.3) is 27.6 Å². The second-order valence-electron chi connectivity index (χ2n) is 14.8. The third-order valence-electron chi connectivity index (χ3n) is 9.14. The van der Waals surface area contributed by atoms with Crippen molar-refractivity contribution < 1.29 is 14.3 Å². The van der Waals surface area contributed by atoms with Gasteiger partial charge in [-0.2, -0.15) is 0 Å². The van der Waals surface area contributed by atoms with Crippen LogP contribution in [0, 0.1) is 12.8 Å². The van der Waals surface area contributed by atoms with Crippen LogP contribution in [0.2, 0.25) is 0 Å².